The van der Waals surface area contributed by atoms with Crippen LogP contribution in [0.3, 0.4) is 0 Å². The topological polar surface area (TPSA) is 32.8 Å². The summed E-state index contributed by atoms with van der Waals surface area (Å²) in [5, 5.41) is 0. The molecule has 1 unspecified atom stereocenters. The molecule has 1 heterocycles. The van der Waals surface area contributed by atoms with Gasteiger partial charge in [0.1, 0.15) is 5.75 Å². The van der Waals surface area contributed by atoms with E-state index in [0.29, 0.717) is 11.5 Å². The molecule has 0 N–H and O–H groups in total. The van der Waals surface area contributed by atoms with Crippen LogP contribution in [0.5, 0.6) is 5.75 Å². The van der Waals surface area contributed by atoms with Crippen molar-refractivity contribution in [2.45, 2.75) is 6.42 Å². The standard InChI is InChI=1S/C26H28N2O2/c1-27(18-20-15-16-28(19-20)23-11-4-3-5-12-23)26(29)22-10-8-9-21(17-22)24-13-6-7-14-25(24)30-2/h3-14,17,20H,15-16,18-19H2,1-2H3. The maximum absolute atomic E-state index is 13.1. The zero-order valence-electron chi connectivity index (χ0n) is 17.6. The predicted octanol–water partition coefficient (Wildman–Crippen LogP) is 4.96. The van der Waals surface area contributed by atoms with Gasteiger partial charge in [0, 0.05) is 43.5 Å². The monoisotopic (exact) mass is 400 g/mol. The van der Waals surface area contributed by atoms with Crippen LogP contribution < -0.4 is 9.64 Å². The first kappa shape index (κ1) is 20.0. The minimum absolute atomic E-state index is 0.0601. The molecule has 3 aromatic rings. The number of carbonyl (C=O) groups is 1. The van der Waals surface area contributed by atoms with Gasteiger partial charge in [0.25, 0.3) is 5.91 Å². The van der Waals surface area contributed by atoms with Gasteiger partial charge in [0.05, 0.1) is 7.11 Å². The molecule has 0 aromatic heterocycles. The van der Waals surface area contributed by atoms with E-state index in [1.807, 2.05) is 66.5 Å². The quantitative estimate of drug-likeness (QED) is 0.586. The second-order valence-electron chi connectivity index (χ2n) is 7.90. The molecule has 1 atom stereocenters. The highest BCUT2D eigenvalue weighted by atomic mass is 16.5. The Morgan fingerprint density at radius 1 is 1.03 bits per heavy atom. The predicted molar refractivity (Wildman–Crippen MR) is 122 cm³/mol. The molecule has 1 aliphatic heterocycles. The molecular formula is C26H28N2O2. The van der Waals surface area contributed by atoms with Gasteiger partial charge in [-0.2, -0.15) is 0 Å². The van der Waals surface area contributed by atoms with Crippen molar-refractivity contribution in [3.05, 3.63) is 84.4 Å². The van der Waals surface area contributed by atoms with E-state index in [1.165, 1.54) is 5.69 Å². The van der Waals surface area contributed by atoms with E-state index in [2.05, 4.69) is 29.2 Å². The van der Waals surface area contributed by atoms with E-state index in [4.69, 9.17) is 4.74 Å². The van der Waals surface area contributed by atoms with Crippen LogP contribution in [0.2, 0.25) is 0 Å². The van der Waals surface area contributed by atoms with Gasteiger partial charge in [-0.1, -0.05) is 48.5 Å². The highest BCUT2D eigenvalue weighted by molar-refractivity contribution is 5.95. The lowest BCUT2D eigenvalue weighted by molar-refractivity contribution is 0.0776. The van der Waals surface area contributed by atoms with Gasteiger partial charge in [0.2, 0.25) is 0 Å². The number of carbonyl (C=O) groups excluding carboxylic acids is 1. The van der Waals surface area contributed by atoms with Gasteiger partial charge in [-0.25, -0.2) is 0 Å². The number of benzene rings is 3. The zero-order valence-corrected chi connectivity index (χ0v) is 17.6. The molecule has 3 aromatic carbocycles. The maximum atomic E-state index is 13.1. The first-order valence-electron chi connectivity index (χ1n) is 10.4. The molecule has 154 valence electrons. The molecule has 0 saturated carbocycles. The Balaban J connectivity index is 1.43. The van der Waals surface area contributed by atoms with Crippen LogP contribution in [0.4, 0.5) is 5.69 Å². The van der Waals surface area contributed by atoms with E-state index < -0.39 is 0 Å². The number of nitrogens with zero attached hydrogens (tertiary/aromatic N) is 2. The van der Waals surface area contributed by atoms with Crippen LogP contribution in [0.15, 0.2) is 78.9 Å². The van der Waals surface area contributed by atoms with Gasteiger partial charge in [-0.05, 0) is 48.2 Å². The van der Waals surface area contributed by atoms with E-state index in [0.717, 1.165) is 42.9 Å². The Kier molecular flexibility index (Phi) is 6.03. The molecule has 30 heavy (non-hydrogen) atoms. The van der Waals surface area contributed by atoms with E-state index in [1.54, 1.807) is 7.11 Å². The Morgan fingerprint density at radius 2 is 1.80 bits per heavy atom. The third kappa shape index (κ3) is 4.33. The molecule has 1 aliphatic rings. The van der Waals surface area contributed by atoms with Crippen LogP contribution in [0.1, 0.15) is 16.8 Å². The van der Waals surface area contributed by atoms with Crippen molar-refractivity contribution in [2.24, 2.45) is 5.92 Å². The Labute approximate surface area is 178 Å². The van der Waals surface area contributed by atoms with Crippen molar-refractivity contribution >= 4 is 11.6 Å². The first-order chi connectivity index (χ1) is 14.7. The smallest absolute Gasteiger partial charge is 0.253 e. The third-order valence-electron chi connectivity index (χ3n) is 5.81. The van der Waals surface area contributed by atoms with Crippen LogP contribution in [0, 0.1) is 5.92 Å². The second-order valence-corrected chi connectivity index (χ2v) is 7.90. The fraction of sp³-hybridized carbons (Fsp3) is 0.269. The minimum atomic E-state index is 0.0601. The molecule has 1 amide bonds. The summed E-state index contributed by atoms with van der Waals surface area (Å²) in [5.74, 6) is 1.35. The van der Waals surface area contributed by atoms with Crippen LogP contribution in [-0.2, 0) is 0 Å². The Morgan fingerprint density at radius 3 is 2.60 bits per heavy atom. The molecule has 0 radical (unpaired) electrons. The largest absolute Gasteiger partial charge is 0.496 e. The summed E-state index contributed by atoms with van der Waals surface area (Å²) in [5.41, 5.74) is 3.95. The van der Waals surface area contributed by atoms with Crippen LogP contribution >= 0.6 is 0 Å². The van der Waals surface area contributed by atoms with E-state index in [-0.39, 0.29) is 5.91 Å². The highest BCUT2D eigenvalue weighted by Gasteiger charge is 2.25. The number of amides is 1. The third-order valence-corrected chi connectivity index (χ3v) is 5.81. The zero-order chi connectivity index (χ0) is 20.9. The number of ether oxygens (including phenoxy) is 1. The second kappa shape index (κ2) is 9.04. The average molecular weight is 401 g/mol. The van der Waals surface area contributed by atoms with Gasteiger partial charge in [-0.15, -0.1) is 0 Å². The van der Waals surface area contributed by atoms with E-state index in [9.17, 15) is 4.79 Å². The summed E-state index contributed by atoms with van der Waals surface area (Å²) in [6, 6.07) is 26.2. The number of anilines is 1. The molecule has 4 rings (SSSR count). The average Bonchev–Trinajstić information content (AvgIpc) is 3.27. The normalized spacial score (nSPS) is 15.8. The summed E-state index contributed by atoms with van der Waals surface area (Å²) >= 11 is 0. The van der Waals surface area contributed by atoms with Gasteiger partial charge in [0.15, 0.2) is 0 Å². The van der Waals surface area contributed by atoms with Gasteiger partial charge in [-0.3, -0.25) is 4.79 Å². The maximum Gasteiger partial charge on any atom is 0.253 e. The van der Waals surface area contributed by atoms with E-state index >= 15 is 0 Å². The summed E-state index contributed by atoms with van der Waals surface area (Å²) in [7, 11) is 3.57. The number of para-hydroxylation sites is 2. The molecule has 0 bridgehead atoms. The molecule has 0 spiro atoms. The van der Waals surface area contributed by atoms with Crippen molar-refractivity contribution in [1.29, 1.82) is 0 Å². The highest BCUT2D eigenvalue weighted by Crippen LogP contribution is 2.30. The van der Waals surface area contributed by atoms with Crippen molar-refractivity contribution in [3.8, 4) is 16.9 Å². The summed E-state index contributed by atoms with van der Waals surface area (Å²) in [4.78, 5) is 17.4. The van der Waals surface area contributed by atoms with Crippen molar-refractivity contribution < 1.29 is 9.53 Å². The van der Waals surface area contributed by atoms with Gasteiger partial charge < -0.3 is 14.5 Å². The SMILES string of the molecule is COc1ccccc1-c1cccc(C(=O)N(C)CC2CCN(c3ccccc3)C2)c1. The summed E-state index contributed by atoms with van der Waals surface area (Å²) in [6.45, 7) is 2.80. The fourth-order valence-electron chi connectivity index (χ4n) is 4.25. The minimum Gasteiger partial charge on any atom is -0.496 e. The molecule has 0 aliphatic carbocycles. The van der Waals surface area contributed by atoms with Crippen LogP contribution in [0.25, 0.3) is 11.1 Å². The van der Waals surface area contributed by atoms with Gasteiger partial charge >= 0.3 is 0 Å². The lowest BCUT2D eigenvalue weighted by Gasteiger charge is -2.23. The lowest BCUT2D eigenvalue weighted by Crippen LogP contribution is -2.33. The molecule has 4 nitrogen and oxygen atoms in total. The van der Waals surface area contributed by atoms with Crippen molar-refractivity contribution in [2.75, 3.05) is 38.7 Å². The number of hydrogen-bond donors (Lipinski definition) is 0. The Hall–Kier alpha value is -3.27. The fourth-order valence-corrected chi connectivity index (χ4v) is 4.25. The first-order valence-corrected chi connectivity index (χ1v) is 10.4. The molecule has 1 fully saturated rings. The molecule has 4 heteroatoms. The summed E-state index contributed by atoms with van der Waals surface area (Å²) in [6.07, 6.45) is 1.10. The number of hydrogen-bond acceptors (Lipinski definition) is 3. The summed E-state index contributed by atoms with van der Waals surface area (Å²) < 4.78 is 5.48. The molecular weight excluding hydrogens is 372 g/mol. The van der Waals surface area contributed by atoms with Crippen molar-refractivity contribution in [3.63, 3.8) is 0 Å². The van der Waals surface area contributed by atoms with Crippen molar-refractivity contribution in [1.82, 2.24) is 4.90 Å². The van der Waals surface area contributed by atoms with Crippen LogP contribution in [-0.4, -0.2) is 44.6 Å². The Bertz CT molecular complexity index is 1000. The number of methoxy groups -OCH3 is 1. The number of rotatable bonds is 6. The molecule has 1 saturated heterocycles. The lowest BCUT2D eigenvalue weighted by atomic mass is 10.0.